The third-order valence-corrected chi connectivity index (χ3v) is 13.1. The number of rotatable bonds is 51. The number of aliphatic hydroxyl groups is 2. The van der Waals surface area contributed by atoms with Gasteiger partial charge in [0.2, 0.25) is 5.91 Å². The maximum atomic E-state index is 13.2. The van der Waals surface area contributed by atoms with Crippen molar-refractivity contribution in [1.29, 1.82) is 0 Å². The molecule has 1 amide bonds. The summed E-state index contributed by atoms with van der Waals surface area (Å²) in [5, 5.41) is 23.8. The monoisotopic (exact) mass is 888 g/mol. The van der Waals surface area contributed by atoms with Crippen LogP contribution in [-0.2, 0) is 14.3 Å². The summed E-state index contributed by atoms with van der Waals surface area (Å²) in [5.41, 5.74) is 0. The lowest BCUT2D eigenvalue weighted by Gasteiger charge is -2.24. The lowest BCUT2D eigenvalue weighted by atomic mass is 10.0. The first-order valence-corrected chi connectivity index (χ1v) is 28.1. The Labute approximate surface area is 392 Å². The van der Waals surface area contributed by atoms with Crippen LogP contribution in [0.1, 0.15) is 303 Å². The van der Waals surface area contributed by atoms with Crippen LogP contribution >= 0.6 is 0 Å². The molecular formula is C57H109NO5. The van der Waals surface area contributed by atoms with Crippen LogP contribution < -0.4 is 5.32 Å². The van der Waals surface area contributed by atoms with E-state index < -0.39 is 18.2 Å². The van der Waals surface area contributed by atoms with Crippen LogP contribution in [0.25, 0.3) is 0 Å². The predicted molar refractivity (Wildman–Crippen MR) is 273 cm³/mol. The molecule has 0 aliphatic carbocycles. The summed E-state index contributed by atoms with van der Waals surface area (Å²) in [6.45, 7) is 6.50. The van der Waals surface area contributed by atoms with Gasteiger partial charge in [-0.2, -0.15) is 0 Å². The molecule has 0 saturated heterocycles. The van der Waals surface area contributed by atoms with E-state index in [0.717, 1.165) is 57.8 Å². The molecule has 0 saturated carbocycles. The summed E-state index contributed by atoms with van der Waals surface area (Å²) in [6, 6.07) is -0.711. The number of nitrogens with one attached hydrogen (secondary N) is 1. The van der Waals surface area contributed by atoms with Crippen LogP contribution in [0, 0.1) is 0 Å². The van der Waals surface area contributed by atoms with Gasteiger partial charge < -0.3 is 20.3 Å². The van der Waals surface area contributed by atoms with E-state index in [1.807, 2.05) is 0 Å². The van der Waals surface area contributed by atoms with Crippen LogP contribution in [0.2, 0.25) is 0 Å². The first kappa shape index (κ1) is 61.3. The molecule has 0 aliphatic rings. The third kappa shape index (κ3) is 46.7. The predicted octanol–water partition coefficient (Wildman–Crippen LogP) is 17.1. The molecule has 63 heavy (non-hydrogen) atoms. The van der Waals surface area contributed by atoms with Crippen molar-refractivity contribution in [3.05, 3.63) is 24.3 Å². The second kappa shape index (κ2) is 51.3. The molecule has 3 atom stereocenters. The van der Waals surface area contributed by atoms with Crippen molar-refractivity contribution in [2.45, 2.75) is 322 Å². The number of unbranched alkanes of at least 4 members (excludes halogenated alkanes) is 36. The van der Waals surface area contributed by atoms with E-state index in [9.17, 15) is 19.8 Å². The second-order valence-corrected chi connectivity index (χ2v) is 19.4. The lowest BCUT2D eigenvalue weighted by molar-refractivity contribution is -0.151. The Morgan fingerprint density at radius 2 is 0.810 bits per heavy atom. The van der Waals surface area contributed by atoms with Crippen molar-refractivity contribution in [3.8, 4) is 0 Å². The normalized spacial score (nSPS) is 13.3. The van der Waals surface area contributed by atoms with Crippen molar-refractivity contribution in [1.82, 2.24) is 5.32 Å². The molecule has 0 aromatic carbocycles. The fraction of sp³-hybridized carbons (Fsp3) is 0.895. The number of hydrogen-bond donors (Lipinski definition) is 3. The molecule has 3 unspecified atom stereocenters. The summed E-state index contributed by atoms with van der Waals surface area (Å²) in [7, 11) is 0. The zero-order valence-corrected chi connectivity index (χ0v) is 42.5. The van der Waals surface area contributed by atoms with Gasteiger partial charge in [0, 0.05) is 6.42 Å². The van der Waals surface area contributed by atoms with Gasteiger partial charge in [-0.3, -0.25) is 9.59 Å². The van der Waals surface area contributed by atoms with Gasteiger partial charge in [-0.15, -0.1) is 0 Å². The number of aliphatic hydroxyl groups excluding tert-OH is 2. The van der Waals surface area contributed by atoms with Crippen LogP contribution in [0.4, 0.5) is 0 Å². The molecule has 6 heteroatoms. The van der Waals surface area contributed by atoms with Crippen LogP contribution in [0.3, 0.4) is 0 Å². The minimum absolute atomic E-state index is 0.0504. The van der Waals surface area contributed by atoms with E-state index in [4.69, 9.17) is 4.74 Å². The first-order chi connectivity index (χ1) is 31.0. The molecule has 372 valence electrons. The minimum atomic E-state index is -0.795. The molecule has 3 N–H and O–H groups in total. The van der Waals surface area contributed by atoms with E-state index in [0.29, 0.717) is 19.3 Å². The van der Waals surface area contributed by atoms with Crippen molar-refractivity contribution in [2.24, 2.45) is 0 Å². The zero-order chi connectivity index (χ0) is 45.9. The molecule has 6 nitrogen and oxygen atoms in total. The van der Waals surface area contributed by atoms with E-state index in [1.165, 1.54) is 199 Å². The van der Waals surface area contributed by atoms with Crippen LogP contribution in [0.15, 0.2) is 24.3 Å². The molecule has 0 spiro atoms. The highest BCUT2D eigenvalue weighted by molar-refractivity contribution is 5.77. The number of allylic oxidation sites excluding steroid dienone is 4. The standard InChI is InChI=1S/C57H109NO5/c1-4-7-10-13-16-19-22-25-27-28-29-32-35-38-41-44-47-50-57(62)63-53(48-45-42-39-36-33-31-26-23-20-17-14-11-8-5-2)51-56(61)58-54(52-59)55(60)49-46-43-40-37-34-30-24-21-18-15-12-9-6-3/h31,33,36,39,53-55,59-60H,4-30,32,34-35,37-38,40-52H2,1-3H3,(H,58,61)/b33-31+,39-36+. The Hall–Kier alpha value is -1.66. The van der Waals surface area contributed by atoms with Gasteiger partial charge in [-0.1, -0.05) is 270 Å². The molecule has 0 radical (unpaired) electrons. The van der Waals surface area contributed by atoms with Gasteiger partial charge in [-0.05, 0) is 44.9 Å². The van der Waals surface area contributed by atoms with Crippen LogP contribution in [-0.4, -0.2) is 46.9 Å². The SMILES string of the molecule is CCCCCCCCC/C=C/C=C/CCCC(CC(=O)NC(CO)C(O)CCCCCCCCCCCCCCC)OC(=O)CCCCCCCCCCCCCCCCCCC. The van der Waals surface area contributed by atoms with Crippen molar-refractivity contribution >= 4 is 11.9 Å². The minimum Gasteiger partial charge on any atom is -0.462 e. The summed E-state index contributed by atoms with van der Waals surface area (Å²) >= 11 is 0. The fourth-order valence-electron chi connectivity index (χ4n) is 8.78. The Kier molecular flexibility index (Phi) is 50.0. The van der Waals surface area contributed by atoms with Gasteiger partial charge in [0.1, 0.15) is 6.10 Å². The summed E-state index contributed by atoms with van der Waals surface area (Å²) in [5.74, 6) is -0.503. The average Bonchev–Trinajstić information content (AvgIpc) is 3.28. The highest BCUT2D eigenvalue weighted by atomic mass is 16.5. The van der Waals surface area contributed by atoms with E-state index in [2.05, 4.69) is 50.4 Å². The Morgan fingerprint density at radius 3 is 1.21 bits per heavy atom. The molecular weight excluding hydrogens is 779 g/mol. The number of carbonyl (C=O) groups excluding carboxylic acids is 2. The van der Waals surface area contributed by atoms with E-state index in [1.54, 1.807) is 0 Å². The lowest BCUT2D eigenvalue weighted by Crippen LogP contribution is -2.46. The topological polar surface area (TPSA) is 95.9 Å². The Morgan fingerprint density at radius 1 is 0.460 bits per heavy atom. The number of esters is 1. The number of ether oxygens (including phenoxy) is 1. The van der Waals surface area contributed by atoms with Gasteiger partial charge in [0.25, 0.3) is 0 Å². The van der Waals surface area contributed by atoms with Crippen molar-refractivity contribution in [3.63, 3.8) is 0 Å². The molecule has 0 rings (SSSR count). The van der Waals surface area contributed by atoms with Gasteiger partial charge in [0.05, 0.1) is 25.2 Å². The largest absolute Gasteiger partial charge is 0.462 e. The molecule has 0 fully saturated rings. The Bertz CT molecular complexity index is 997. The number of hydrogen-bond acceptors (Lipinski definition) is 5. The molecule has 0 heterocycles. The molecule has 0 aliphatic heterocycles. The smallest absolute Gasteiger partial charge is 0.306 e. The highest BCUT2D eigenvalue weighted by Crippen LogP contribution is 2.18. The number of carbonyl (C=O) groups is 2. The van der Waals surface area contributed by atoms with E-state index >= 15 is 0 Å². The average molecular weight is 889 g/mol. The van der Waals surface area contributed by atoms with Crippen LogP contribution in [0.5, 0.6) is 0 Å². The van der Waals surface area contributed by atoms with Gasteiger partial charge in [0.15, 0.2) is 0 Å². The molecule has 0 aromatic rings. The number of amides is 1. The molecule has 0 bridgehead atoms. The summed E-state index contributed by atoms with van der Waals surface area (Å²) in [6.07, 6.45) is 59.6. The molecule has 0 aromatic heterocycles. The highest BCUT2D eigenvalue weighted by Gasteiger charge is 2.24. The second-order valence-electron chi connectivity index (χ2n) is 19.4. The fourth-order valence-corrected chi connectivity index (χ4v) is 8.78. The van der Waals surface area contributed by atoms with Crippen molar-refractivity contribution in [2.75, 3.05) is 6.61 Å². The maximum Gasteiger partial charge on any atom is 0.306 e. The third-order valence-electron chi connectivity index (χ3n) is 13.1. The summed E-state index contributed by atoms with van der Waals surface area (Å²) < 4.78 is 5.93. The van der Waals surface area contributed by atoms with Crippen molar-refractivity contribution < 1.29 is 24.5 Å². The van der Waals surface area contributed by atoms with Gasteiger partial charge >= 0.3 is 5.97 Å². The quantitative estimate of drug-likeness (QED) is 0.0321. The maximum absolute atomic E-state index is 13.2. The Balaban J connectivity index is 4.56. The van der Waals surface area contributed by atoms with Gasteiger partial charge in [-0.25, -0.2) is 0 Å². The van der Waals surface area contributed by atoms with E-state index in [-0.39, 0.29) is 24.9 Å². The summed E-state index contributed by atoms with van der Waals surface area (Å²) in [4.78, 5) is 26.2. The zero-order valence-electron chi connectivity index (χ0n) is 42.5. The first-order valence-electron chi connectivity index (χ1n) is 28.1.